The molecule has 1 fully saturated rings. The summed E-state index contributed by atoms with van der Waals surface area (Å²) < 4.78 is 8.66. The number of urea groups is 1. The lowest BCUT2D eigenvalue weighted by Gasteiger charge is -2.26. The maximum absolute atomic E-state index is 13.2. The van der Waals surface area contributed by atoms with Gasteiger partial charge < -0.3 is 9.30 Å². The third-order valence-electron chi connectivity index (χ3n) is 5.65. The highest BCUT2D eigenvalue weighted by molar-refractivity contribution is 9.10. The van der Waals surface area contributed by atoms with E-state index in [0.717, 1.165) is 26.0 Å². The summed E-state index contributed by atoms with van der Waals surface area (Å²) in [4.78, 5) is 39.3. The summed E-state index contributed by atoms with van der Waals surface area (Å²) in [5.74, 6) is -0.614. The van der Waals surface area contributed by atoms with Gasteiger partial charge in [-0.25, -0.2) is 9.69 Å². The number of hydrogen-bond donors (Lipinski definition) is 1. The predicted molar refractivity (Wildman–Crippen MR) is 137 cm³/mol. The molecular weight excluding hydrogens is 510 g/mol. The van der Waals surface area contributed by atoms with Crippen LogP contribution >= 0.6 is 15.9 Å². The van der Waals surface area contributed by atoms with E-state index in [-0.39, 0.29) is 5.57 Å². The molecule has 0 atom stereocenters. The Morgan fingerprint density at radius 2 is 1.60 bits per heavy atom. The maximum atomic E-state index is 13.2. The lowest BCUT2D eigenvalue weighted by atomic mass is 10.1. The Kier molecular flexibility index (Phi) is 6.20. The number of aromatic nitrogens is 1. The first-order chi connectivity index (χ1) is 17.0. The summed E-state index contributed by atoms with van der Waals surface area (Å²) in [6.45, 7) is 1.02. The number of rotatable bonds is 6. The van der Waals surface area contributed by atoms with Crippen LogP contribution in [-0.4, -0.2) is 29.0 Å². The van der Waals surface area contributed by atoms with E-state index in [1.165, 1.54) is 6.08 Å². The van der Waals surface area contributed by atoms with Crippen LogP contribution in [0, 0.1) is 0 Å². The highest BCUT2D eigenvalue weighted by Crippen LogP contribution is 2.27. The first kappa shape index (κ1) is 22.6. The Hall–Kier alpha value is -4.17. The first-order valence-electron chi connectivity index (χ1n) is 10.9. The molecule has 0 saturated carbocycles. The van der Waals surface area contributed by atoms with Crippen LogP contribution in [0.5, 0.6) is 5.75 Å². The zero-order chi connectivity index (χ0) is 24.4. The number of carbonyl (C=O) groups excluding carboxylic acids is 3. The van der Waals surface area contributed by atoms with Crippen molar-refractivity contribution in [3.63, 3.8) is 0 Å². The van der Waals surface area contributed by atoms with Gasteiger partial charge in [0.2, 0.25) is 0 Å². The predicted octanol–water partition coefficient (Wildman–Crippen LogP) is 5.15. The highest BCUT2D eigenvalue weighted by Gasteiger charge is 2.37. The molecule has 35 heavy (non-hydrogen) atoms. The molecule has 5 rings (SSSR count). The lowest BCUT2D eigenvalue weighted by Crippen LogP contribution is -2.54. The summed E-state index contributed by atoms with van der Waals surface area (Å²) in [6.07, 6.45) is 3.42. The van der Waals surface area contributed by atoms with E-state index in [2.05, 4.69) is 21.2 Å². The molecule has 0 spiro atoms. The van der Waals surface area contributed by atoms with Crippen molar-refractivity contribution >= 4 is 56.4 Å². The van der Waals surface area contributed by atoms with Crippen molar-refractivity contribution < 1.29 is 19.1 Å². The molecule has 4 amide bonds. The maximum Gasteiger partial charge on any atom is 0.335 e. The third kappa shape index (κ3) is 4.61. The summed E-state index contributed by atoms with van der Waals surface area (Å²) in [6, 6.07) is 23.2. The van der Waals surface area contributed by atoms with Crippen molar-refractivity contribution in [2.24, 2.45) is 0 Å². The number of para-hydroxylation sites is 2. The van der Waals surface area contributed by atoms with Gasteiger partial charge in [-0.05, 0) is 48.5 Å². The molecule has 1 aliphatic heterocycles. The smallest absolute Gasteiger partial charge is 0.335 e. The van der Waals surface area contributed by atoms with E-state index in [1.54, 1.807) is 24.3 Å². The van der Waals surface area contributed by atoms with Crippen molar-refractivity contribution in [3.8, 4) is 5.75 Å². The highest BCUT2D eigenvalue weighted by atomic mass is 79.9. The number of amides is 4. The summed E-state index contributed by atoms with van der Waals surface area (Å²) in [7, 11) is 0. The number of imide groups is 2. The topological polar surface area (TPSA) is 80.6 Å². The second-order valence-corrected chi connectivity index (χ2v) is 8.81. The number of fused-ring (bicyclic) bond motifs is 1. The number of nitrogens with zero attached hydrogens (tertiary/aromatic N) is 2. The van der Waals surface area contributed by atoms with Crippen LogP contribution < -0.4 is 15.0 Å². The van der Waals surface area contributed by atoms with Gasteiger partial charge in [0.05, 0.1) is 12.2 Å². The molecule has 1 aromatic heterocycles. The number of benzene rings is 3. The molecular formula is C27H20BrN3O4. The van der Waals surface area contributed by atoms with Gasteiger partial charge in [-0.2, -0.15) is 0 Å². The second kappa shape index (κ2) is 9.60. The SMILES string of the molecule is O=C1NC(=O)N(c2ccc(Br)cc2)C(=O)/C1=C\c1cn(CCOc2ccccc2)c2ccccc12. The Bertz CT molecular complexity index is 1460. The van der Waals surface area contributed by atoms with E-state index in [1.807, 2.05) is 65.4 Å². The van der Waals surface area contributed by atoms with Crippen molar-refractivity contribution in [2.75, 3.05) is 11.5 Å². The summed E-state index contributed by atoms with van der Waals surface area (Å²) >= 11 is 3.34. The molecule has 1 N–H and O–H groups in total. The van der Waals surface area contributed by atoms with E-state index in [0.29, 0.717) is 24.4 Å². The quantitative estimate of drug-likeness (QED) is 0.276. The number of anilines is 1. The second-order valence-electron chi connectivity index (χ2n) is 7.89. The molecule has 0 bridgehead atoms. The van der Waals surface area contributed by atoms with Gasteiger partial charge in [-0.15, -0.1) is 0 Å². The van der Waals surface area contributed by atoms with Crippen molar-refractivity contribution in [3.05, 3.63) is 101 Å². The number of halogens is 1. The minimum atomic E-state index is -0.778. The normalized spacial score (nSPS) is 15.1. The minimum absolute atomic E-state index is 0.115. The van der Waals surface area contributed by atoms with Gasteiger partial charge in [0.1, 0.15) is 17.9 Å². The monoisotopic (exact) mass is 529 g/mol. The molecule has 7 nitrogen and oxygen atoms in total. The molecule has 0 unspecified atom stereocenters. The molecule has 1 aliphatic rings. The van der Waals surface area contributed by atoms with Gasteiger partial charge in [0.25, 0.3) is 11.8 Å². The average Bonchev–Trinajstić information content (AvgIpc) is 3.21. The van der Waals surface area contributed by atoms with Gasteiger partial charge in [-0.1, -0.05) is 52.3 Å². The molecule has 0 aliphatic carbocycles. The number of carbonyl (C=O) groups is 3. The number of barbiturate groups is 1. The van der Waals surface area contributed by atoms with Crippen LogP contribution in [0.25, 0.3) is 17.0 Å². The van der Waals surface area contributed by atoms with Gasteiger partial charge >= 0.3 is 6.03 Å². The molecule has 1 saturated heterocycles. The Morgan fingerprint density at radius 1 is 0.886 bits per heavy atom. The van der Waals surface area contributed by atoms with Gasteiger partial charge in [-0.3, -0.25) is 14.9 Å². The fourth-order valence-corrected chi connectivity index (χ4v) is 4.26. The molecule has 174 valence electrons. The van der Waals surface area contributed by atoms with Crippen LogP contribution in [0.4, 0.5) is 10.5 Å². The molecule has 8 heteroatoms. The Balaban J connectivity index is 1.46. The zero-order valence-electron chi connectivity index (χ0n) is 18.5. The average molecular weight is 530 g/mol. The van der Waals surface area contributed by atoms with Crippen LogP contribution in [0.2, 0.25) is 0 Å². The van der Waals surface area contributed by atoms with E-state index in [4.69, 9.17) is 4.74 Å². The number of ether oxygens (including phenoxy) is 1. The lowest BCUT2D eigenvalue weighted by molar-refractivity contribution is -0.122. The standard InChI is InChI=1S/C27H20BrN3O4/c28-19-10-12-20(13-11-19)31-26(33)23(25(32)29-27(31)34)16-18-17-30(24-9-5-4-8-22(18)24)14-15-35-21-6-2-1-3-7-21/h1-13,16-17H,14-15H2,(H,29,32,34)/b23-16-. The zero-order valence-corrected chi connectivity index (χ0v) is 20.1. The fraction of sp³-hybridized carbons (Fsp3) is 0.0741. The number of nitrogens with one attached hydrogen (secondary N) is 1. The first-order valence-corrected chi connectivity index (χ1v) is 11.7. The van der Waals surface area contributed by atoms with Gasteiger partial charge in [0, 0.05) is 27.1 Å². The molecule has 2 heterocycles. The van der Waals surface area contributed by atoms with E-state index >= 15 is 0 Å². The molecule has 0 radical (unpaired) electrons. The van der Waals surface area contributed by atoms with Crippen LogP contribution in [-0.2, 0) is 16.1 Å². The largest absolute Gasteiger partial charge is 0.492 e. The van der Waals surface area contributed by atoms with Crippen LogP contribution in [0.15, 0.2) is 95.1 Å². The fourth-order valence-electron chi connectivity index (χ4n) is 3.99. The minimum Gasteiger partial charge on any atom is -0.492 e. The van der Waals surface area contributed by atoms with Gasteiger partial charge in [0.15, 0.2) is 0 Å². The van der Waals surface area contributed by atoms with Crippen molar-refractivity contribution in [1.82, 2.24) is 9.88 Å². The molecule has 4 aromatic rings. The number of hydrogen-bond acceptors (Lipinski definition) is 4. The van der Waals surface area contributed by atoms with E-state index < -0.39 is 17.8 Å². The Morgan fingerprint density at radius 3 is 2.37 bits per heavy atom. The Labute approximate surface area is 209 Å². The van der Waals surface area contributed by atoms with Crippen LogP contribution in [0.1, 0.15) is 5.56 Å². The van der Waals surface area contributed by atoms with Crippen LogP contribution in [0.3, 0.4) is 0 Å². The third-order valence-corrected chi connectivity index (χ3v) is 6.18. The molecule has 3 aromatic carbocycles. The van der Waals surface area contributed by atoms with E-state index in [9.17, 15) is 14.4 Å². The van der Waals surface area contributed by atoms with Crippen molar-refractivity contribution in [1.29, 1.82) is 0 Å². The summed E-state index contributed by atoms with van der Waals surface area (Å²) in [5.41, 5.74) is 1.90. The summed E-state index contributed by atoms with van der Waals surface area (Å²) in [5, 5.41) is 3.15. The van der Waals surface area contributed by atoms with Crippen molar-refractivity contribution in [2.45, 2.75) is 6.54 Å².